The van der Waals surface area contributed by atoms with Crippen molar-refractivity contribution < 1.29 is 18.7 Å². The summed E-state index contributed by atoms with van der Waals surface area (Å²) in [7, 11) is 0. The van der Waals surface area contributed by atoms with Crippen LogP contribution in [0.25, 0.3) is 11.0 Å². The smallest absolute Gasteiger partial charge is 0.410 e. The van der Waals surface area contributed by atoms with Crippen LogP contribution in [0.3, 0.4) is 0 Å². The van der Waals surface area contributed by atoms with Gasteiger partial charge in [-0.25, -0.2) is 9.59 Å². The maximum absolute atomic E-state index is 12.6. The average molecular weight is 385 g/mol. The summed E-state index contributed by atoms with van der Waals surface area (Å²) in [6.07, 6.45) is 3.34. The first-order valence-electron chi connectivity index (χ1n) is 9.92. The molecule has 6 heteroatoms. The molecule has 0 radical (unpaired) electrons. The van der Waals surface area contributed by atoms with Crippen molar-refractivity contribution in [1.82, 2.24) is 4.90 Å². The first-order valence-corrected chi connectivity index (χ1v) is 9.92. The zero-order chi connectivity index (χ0) is 20.1. The van der Waals surface area contributed by atoms with Gasteiger partial charge in [0.25, 0.3) is 0 Å². The molecule has 2 aromatic rings. The summed E-state index contributed by atoms with van der Waals surface area (Å²) in [6, 6.07) is 7.72. The maximum atomic E-state index is 12.6. The van der Waals surface area contributed by atoms with Gasteiger partial charge in [-0.05, 0) is 58.7 Å². The molecule has 0 N–H and O–H groups in total. The lowest BCUT2D eigenvalue weighted by molar-refractivity contribution is -0.00706. The van der Waals surface area contributed by atoms with Gasteiger partial charge >= 0.3 is 11.7 Å². The van der Waals surface area contributed by atoms with Gasteiger partial charge in [-0.15, -0.1) is 0 Å². The third-order valence-corrected chi connectivity index (χ3v) is 5.48. The molecule has 2 aliphatic heterocycles. The summed E-state index contributed by atoms with van der Waals surface area (Å²) in [5, 5.41) is 0.879. The second-order valence-corrected chi connectivity index (χ2v) is 8.90. The molecule has 1 aromatic carbocycles. The number of benzene rings is 1. The Balaban J connectivity index is 1.47. The van der Waals surface area contributed by atoms with Crippen LogP contribution < -0.4 is 10.4 Å². The number of piperidine rings is 1. The Bertz CT molecular complexity index is 944. The summed E-state index contributed by atoms with van der Waals surface area (Å²) >= 11 is 0. The highest BCUT2D eigenvalue weighted by molar-refractivity contribution is 5.78. The zero-order valence-corrected chi connectivity index (χ0v) is 16.9. The predicted octanol–water partition coefficient (Wildman–Crippen LogP) is 4.41. The lowest BCUT2D eigenvalue weighted by Gasteiger charge is -2.39. The van der Waals surface area contributed by atoms with Crippen molar-refractivity contribution in [3.8, 4) is 5.75 Å². The number of amides is 1. The van der Waals surface area contributed by atoms with E-state index in [1.807, 2.05) is 43.9 Å². The van der Waals surface area contributed by atoms with Crippen LogP contribution in [0.5, 0.6) is 5.75 Å². The van der Waals surface area contributed by atoms with E-state index >= 15 is 0 Å². The highest BCUT2D eigenvalue weighted by atomic mass is 16.6. The summed E-state index contributed by atoms with van der Waals surface area (Å²) in [5.41, 5.74) is 0.305. The van der Waals surface area contributed by atoms with E-state index in [9.17, 15) is 9.59 Å². The average Bonchev–Trinajstić information content (AvgIpc) is 2.86. The van der Waals surface area contributed by atoms with Crippen LogP contribution in [0, 0.1) is 6.92 Å². The Labute approximate surface area is 164 Å². The first kappa shape index (κ1) is 18.8. The quantitative estimate of drug-likeness (QED) is 0.716. The van der Waals surface area contributed by atoms with Crippen LogP contribution in [0.1, 0.15) is 52.0 Å². The Hall–Kier alpha value is -2.50. The molecule has 0 aliphatic carbocycles. The fourth-order valence-electron chi connectivity index (χ4n) is 4.30. The molecule has 2 bridgehead atoms. The third-order valence-electron chi connectivity index (χ3n) is 5.48. The van der Waals surface area contributed by atoms with E-state index in [1.54, 1.807) is 13.0 Å². The van der Waals surface area contributed by atoms with E-state index in [0.717, 1.165) is 31.1 Å². The Kier molecular flexibility index (Phi) is 4.60. The molecule has 3 atom stereocenters. The van der Waals surface area contributed by atoms with Gasteiger partial charge in [-0.2, -0.15) is 0 Å². The van der Waals surface area contributed by atoms with Crippen molar-refractivity contribution in [2.45, 2.75) is 77.2 Å². The number of rotatable bonds is 2. The number of ether oxygens (including phenoxy) is 2. The molecule has 3 heterocycles. The Morgan fingerprint density at radius 3 is 2.46 bits per heavy atom. The van der Waals surface area contributed by atoms with Crippen molar-refractivity contribution in [1.29, 1.82) is 0 Å². The maximum Gasteiger partial charge on any atom is 0.410 e. The van der Waals surface area contributed by atoms with Gasteiger partial charge in [0.15, 0.2) is 0 Å². The highest BCUT2D eigenvalue weighted by Crippen LogP contribution is 2.38. The number of carbonyl (C=O) groups is 1. The highest BCUT2D eigenvalue weighted by Gasteiger charge is 2.45. The molecule has 2 fully saturated rings. The van der Waals surface area contributed by atoms with Crippen molar-refractivity contribution >= 4 is 17.1 Å². The van der Waals surface area contributed by atoms with Crippen LogP contribution >= 0.6 is 0 Å². The predicted molar refractivity (Wildman–Crippen MR) is 106 cm³/mol. The molecule has 28 heavy (non-hydrogen) atoms. The van der Waals surface area contributed by atoms with E-state index in [2.05, 4.69) is 0 Å². The van der Waals surface area contributed by atoms with Gasteiger partial charge in [0, 0.05) is 41.9 Å². The minimum absolute atomic E-state index is 0.0332. The van der Waals surface area contributed by atoms with Crippen LogP contribution in [-0.4, -0.2) is 34.8 Å². The van der Waals surface area contributed by atoms with E-state index < -0.39 is 5.60 Å². The fraction of sp³-hybridized carbons (Fsp3) is 0.545. The second-order valence-electron chi connectivity index (χ2n) is 8.90. The van der Waals surface area contributed by atoms with Gasteiger partial charge in [0.1, 0.15) is 23.0 Å². The topological polar surface area (TPSA) is 69.0 Å². The van der Waals surface area contributed by atoms with Crippen LogP contribution in [0.4, 0.5) is 4.79 Å². The molecule has 0 saturated carbocycles. The lowest BCUT2D eigenvalue weighted by atomic mass is 10.00. The van der Waals surface area contributed by atoms with E-state index in [1.165, 1.54) is 0 Å². The number of hydrogen-bond donors (Lipinski definition) is 0. The van der Waals surface area contributed by atoms with Crippen molar-refractivity contribution in [2.24, 2.45) is 0 Å². The summed E-state index contributed by atoms with van der Waals surface area (Å²) in [5.74, 6) is 0.689. The largest absolute Gasteiger partial charge is 0.490 e. The third kappa shape index (κ3) is 3.73. The van der Waals surface area contributed by atoms with Crippen LogP contribution in [0.15, 0.2) is 33.5 Å². The van der Waals surface area contributed by atoms with E-state index in [4.69, 9.17) is 13.9 Å². The molecule has 1 amide bonds. The molecular formula is C22H27NO5. The van der Waals surface area contributed by atoms with Gasteiger partial charge < -0.3 is 18.8 Å². The van der Waals surface area contributed by atoms with E-state index in [0.29, 0.717) is 16.9 Å². The molecule has 0 unspecified atom stereocenters. The Morgan fingerprint density at radius 2 is 1.82 bits per heavy atom. The lowest BCUT2D eigenvalue weighted by Crippen LogP contribution is -2.50. The van der Waals surface area contributed by atoms with Gasteiger partial charge in [0.2, 0.25) is 0 Å². The molecule has 6 nitrogen and oxygen atoms in total. The number of fused-ring (bicyclic) bond motifs is 3. The fourth-order valence-corrected chi connectivity index (χ4v) is 4.30. The number of nitrogens with zero attached hydrogens (tertiary/aromatic N) is 1. The molecule has 150 valence electrons. The number of carbonyl (C=O) groups excluding carboxylic acids is 1. The molecule has 0 spiro atoms. The second kappa shape index (κ2) is 6.83. The molecular weight excluding hydrogens is 358 g/mol. The minimum atomic E-state index is -0.489. The summed E-state index contributed by atoms with van der Waals surface area (Å²) in [6.45, 7) is 7.41. The SMILES string of the molecule is Cc1cc2ccc(O[C@@H]3C[C@H]4CC[C@@H](C3)N4C(=O)OC(C)(C)C)cc2oc1=O. The molecule has 4 rings (SSSR count). The molecule has 2 saturated heterocycles. The summed E-state index contributed by atoms with van der Waals surface area (Å²) < 4.78 is 17.2. The standard InChI is InChI=1S/C22H27NO5/c1-13-9-14-5-8-17(12-19(14)27-20(13)24)26-18-10-15-6-7-16(11-18)23(15)21(25)28-22(2,3)4/h5,8-9,12,15-16,18H,6-7,10-11H2,1-4H3/t15-,16+,18-. The van der Waals surface area contributed by atoms with Crippen molar-refractivity contribution in [3.63, 3.8) is 0 Å². The van der Waals surface area contributed by atoms with E-state index in [-0.39, 0.29) is 29.9 Å². The molecule has 2 aliphatic rings. The minimum Gasteiger partial charge on any atom is -0.490 e. The first-order chi connectivity index (χ1) is 13.2. The number of hydrogen-bond acceptors (Lipinski definition) is 5. The normalized spacial score (nSPS) is 24.4. The molecule has 1 aromatic heterocycles. The van der Waals surface area contributed by atoms with Gasteiger partial charge in [0.05, 0.1) is 0 Å². The van der Waals surface area contributed by atoms with Crippen LogP contribution in [0.2, 0.25) is 0 Å². The Morgan fingerprint density at radius 1 is 1.14 bits per heavy atom. The zero-order valence-electron chi connectivity index (χ0n) is 16.9. The van der Waals surface area contributed by atoms with Crippen molar-refractivity contribution in [2.75, 3.05) is 0 Å². The summed E-state index contributed by atoms with van der Waals surface area (Å²) in [4.78, 5) is 26.2. The van der Waals surface area contributed by atoms with Crippen molar-refractivity contribution in [3.05, 3.63) is 40.2 Å². The number of aryl methyl sites for hydroxylation is 1. The van der Waals surface area contributed by atoms with Gasteiger partial charge in [-0.3, -0.25) is 0 Å². The van der Waals surface area contributed by atoms with Gasteiger partial charge in [-0.1, -0.05) is 0 Å². The van der Waals surface area contributed by atoms with Crippen LogP contribution in [-0.2, 0) is 4.74 Å². The monoisotopic (exact) mass is 385 g/mol.